The van der Waals surface area contributed by atoms with Gasteiger partial charge in [0.1, 0.15) is 5.75 Å². The summed E-state index contributed by atoms with van der Waals surface area (Å²) in [6, 6.07) is 18.7. The summed E-state index contributed by atoms with van der Waals surface area (Å²) in [5, 5.41) is 0. The van der Waals surface area contributed by atoms with Gasteiger partial charge in [-0.15, -0.1) is 12.4 Å². The Balaban J connectivity index is 0.00000225. The topological polar surface area (TPSA) is 21.7 Å². The Bertz CT molecular complexity index is 606. The summed E-state index contributed by atoms with van der Waals surface area (Å²) in [6.07, 6.45) is 2.26. The zero-order valence-corrected chi connectivity index (χ0v) is 16.1. The number of nitrogens with zero attached hydrogens (tertiary/aromatic N) is 1. The minimum absolute atomic E-state index is 0. The number of benzene rings is 2. The van der Waals surface area contributed by atoms with E-state index < -0.39 is 0 Å². The van der Waals surface area contributed by atoms with E-state index in [-0.39, 0.29) is 12.4 Å². The fraction of sp³-hybridized carbons (Fsp3) is 0.400. The summed E-state index contributed by atoms with van der Waals surface area (Å²) in [5.74, 6) is 0.984. The molecule has 1 fully saturated rings. The van der Waals surface area contributed by atoms with Crippen molar-refractivity contribution >= 4 is 24.2 Å². The number of rotatable bonds is 8. The van der Waals surface area contributed by atoms with Crippen LogP contribution in [0.5, 0.6) is 5.75 Å². The van der Waals surface area contributed by atoms with Crippen LogP contribution in [0.2, 0.25) is 0 Å². The first-order chi connectivity index (χ1) is 11.9. The molecule has 3 rings (SSSR count). The van der Waals surface area contributed by atoms with E-state index in [2.05, 4.69) is 47.4 Å². The van der Waals surface area contributed by atoms with E-state index in [4.69, 9.17) is 9.47 Å². The van der Waals surface area contributed by atoms with Crippen molar-refractivity contribution in [3.05, 3.63) is 54.6 Å². The number of halogens is 1. The smallest absolute Gasteiger partial charge is 0.133 e. The molecule has 136 valence electrons. The van der Waals surface area contributed by atoms with Crippen molar-refractivity contribution in [2.24, 2.45) is 0 Å². The van der Waals surface area contributed by atoms with Crippen LogP contribution in [0.1, 0.15) is 12.8 Å². The molecule has 0 saturated carbocycles. The third kappa shape index (κ3) is 6.90. The normalized spacial score (nSPS) is 14.7. The second kappa shape index (κ2) is 11.4. The van der Waals surface area contributed by atoms with Crippen LogP contribution in [0.4, 0.5) is 0 Å². The Hall–Kier alpha value is -1.20. The maximum absolute atomic E-state index is 6.03. The van der Waals surface area contributed by atoms with Gasteiger partial charge in [0.05, 0.1) is 24.7 Å². The molecule has 0 unspecified atom stereocenters. The Labute approximate surface area is 161 Å². The first-order valence-corrected chi connectivity index (χ1v) is 9.48. The zero-order chi connectivity index (χ0) is 16.5. The summed E-state index contributed by atoms with van der Waals surface area (Å²) in [5.41, 5.74) is 0. The van der Waals surface area contributed by atoms with Crippen molar-refractivity contribution in [1.82, 2.24) is 4.90 Å². The lowest BCUT2D eigenvalue weighted by Crippen LogP contribution is -2.36. The Morgan fingerprint density at radius 3 is 2.44 bits per heavy atom. The van der Waals surface area contributed by atoms with E-state index in [0.29, 0.717) is 0 Å². The molecule has 5 heteroatoms. The maximum Gasteiger partial charge on any atom is 0.133 e. The minimum Gasteiger partial charge on any atom is -0.492 e. The molecule has 2 aromatic carbocycles. The molecule has 0 aliphatic carbocycles. The van der Waals surface area contributed by atoms with Crippen LogP contribution in [0, 0.1) is 0 Å². The summed E-state index contributed by atoms with van der Waals surface area (Å²) in [7, 11) is 0. The van der Waals surface area contributed by atoms with Crippen molar-refractivity contribution < 1.29 is 9.47 Å². The molecule has 25 heavy (non-hydrogen) atoms. The van der Waals surface area contributed by atoms with Crippen molar-refractivity contribution in [3.63, 3.8) is 0 Å². The number of morpholine rings is 1. The van der Waals surface area contributed by atoms with Gasteiger partial charge in [-0.2, -0.15) is 0 Å². The molecule has 0 bridgehead atoms. The molecule has 0 radical (unpaired) electrons. The van der Waals surface area contributed by atoms with Gasteiger partial charge in [0.2, 0.25) is 0 Å². The average Bonchev–Trinajstić information content (AvgIpc) is 2.64. The van der Waals surface area contributed by atoms with Crippen LogP contribution in [0.25, 0.3) is 0 Å². The van der Waals surface area contributed by atoms with Crippen LogP contribution in [0.15, 0.2) is 64.4 Å². The second-order valence-electron chi connectivity index (χ2n) is 5.87. The molecule has 3 nitrogen and oxygen atoms in total. The summed E-state index contributed by atoms with van der Waals surface area (Å²) >= 11 is 1.75. The van der Waals surface area contributed by atoms with Gasteiger partial charge in [0.25, 0.3) is 0 Å². The predicted octanol–water partition coefficient (Wildman–Crippen LogP) is 4.75. The van der Waals surface area contributed by atoms with E-state index in [1.807, 2.05) is 12.1 Å². The van der Waals surface area contributed by atoms with E-state index in [1.165, 1.54) is 16.2 Å². The van der Waals surface area contributed by atoms with Crippen LogP contribution in [0.3, 0.4) is 0 Å². The van der Waals surface area contributed by atoms with Gasteiger partial charge in [0, 0.05) is 18.0 Å². The van der Waals surface area contributed by atoms with Crippen LogP contribution in [-0.4, -0.2) is 44.4 Å². The van der Waals surface area contributed by atoms with E-state index in [9.17, 15) is 0 Å². The van der Waals surface area contributed by atoms with Gasteiger partial charge in [-0.05, 0) is 43.7 Å². The molecule has 0 spiro atoms. The number of hydrogen-bond acceptors (Lipinski definition) is 4. The molecule has 0 aromatic heterocycles. The molecule has 1 saturated heterocycles. The van der Waals surface area contributed by atoms with Crippen LogP contribution >= 0.6 is 24.2 Å². The highest BCUT2D eigenvalue weighted by Crippen LogP contribution is 2.34. The first-order valence-electron chi connectivity index (χ1n) is 8.67. The highest BCUT2D eigenvalue weighted by atomic mass is 35.5. The number of para-hydroxylation sites is 1. The van der Waals surface area contributed by atoms with Gasteiger partial charge in [-0.3, -0.25) is 4.90 Å². The fourth-order valence-electron chi connectivity index (χ4n) is 2.71. The Kier molecular flexibility index (Phi) is 9.19. The van der Waals surface area contributed by atoms with Crippen molar-refractivity contribution in [2.45, 2.75) is 22.6 Å². The lowest BCUT2D eigenvalue weighted by atomic mass is 10.3. The van der Waals surface area contributed by atoms with Gasteiger partial charge >= 0.3 is 0 Å². The van der Waals surface area contributed by atoms with E-state index in [0.717, 1.165) is 51.6 Å². The summed E-state index contributed by atoms with van der Waals surface area (Å²) < 4.78 is 11.4. The van der Waals surface area contributed by atoms with Crippen molar-refractivity contribution in [3.8, 4) is 5.75 Å². The highest BCUT2D eigenvalue weighted by molar-refractivity contribution is 7.99. The predicted molar refractivity (Wildman–Crippen MR) is 106 cm³/mol. The quantitative estimate of drug-likeness (QED) is 0.617. The first kappa shape index (κ1) is 20.1. The van der Waals surface area contributed by atoms with Crippen LogP contribution < -0.4 is 4.74 Å². The number of ether oxygens (including phenoxy) is 2. The second-order valence-corrected chi connectivity index (χ2v) is 6.99. The molecule has 0 atom stereocenters. The molecule has 1 heterocycles. The van der Waals surface area contributed by atoms with Gasteiger partial charge < -0.3 is 9.47 Å². The highest BCUT2D eigenvalue weighted by Gasteiger charge is 2.09. The summed E-state index contributed by atoms with van der Waals surface area (Å²) in [6.45, 7) is 5.81. The molecule has 1 aliphatic heterocycles. The number of hydrogen-bond donors (Lipinski definition) is 0. The SMILES string of the molecule is Cl.c1ccc(Sc2ccccc2OCCCCN2CCOCC2)cc1. The van der Waals surface area contributed by atoms with Gasteiger partial charge in [-0.1, -0.05) is 42.1 Å². The maximum atomic E-state index is 6.03. The van der Waals surface area contributed by atoms with Crippen LogP contribution in [-0.2, 0) is 4.74 Å². The molecule has 0 N–H and O–H groups in total. The largest absolute Gasteiger partial charge is 0.492 e. The Morgan fingerprint density at radius 2 is 1.64 bits per heavy atom. The minimum atomic E-state index is 0. The molecular formula is C20H26ClNO2S. The van der Waals surface area contributed by atoms with Crippen molar-refractivity contribution in [1.29, 1.82) is 0 Å². The lowest BCUT2D eigenvalue weighted by Gasteiger charge is -2.26. The van der Waals surface area contributed by atoms with E-state index >= 15 is 0 Å². The zero-order valence-electron chi connectivity index (χ0n) is 14.4. The monoisotopic (exact) mass is 379 g/mol. The summed E-state index contributed by atoms with van der Waals surface area (Å²) in [4.78, 5) is 4.89. The number of unbranched alkanes of at least 4 members (excludes halogenated alkanes) is 1. The molecular weight excluding hydrogens is 354 g/mol. The molecule has 2 aromatic rings. The van der Waals surface area contributed by atoms with E-state index in [1.54, 1.807) is 11.8 Å². The Morgan fingerprint density at radius 1 is 0.920 bits per heavy atom. The lowest BCUT2D eigenvalue weighted by molar-refractivity contribution is 0.0368. The third-order valence-electron chi connectivity index (χ3n) is 4.05. The van der Waals surface area contributed by atoms with Crippen molar-refractivity contribution in [2.75, 3.05) is 39.5 Å². The fourth-order valence-corrected chi connectivity index (χ4v) is 3.63. The van der Waals surface area contributed by atoms with Gasteiger partial charge in [0.15, 0.2) is 0 Å². The van der Waals surface area contributed by atoms with Gasteiger partial charge in [-0.25, -0.2) is 0 Å². The average molecular weight is 380 g/mol. The molecule has 1 aliphatic rings. The third-order valence-corrected chi connectivity index (χ3v) is 5.12. The standard InChI is InChI=1S/C20H25NO2S.ClH/c1-2-8-18(9-3-1)24-20-11-5-4-10-19(20)23-15-7-6-12-21-13-16-22-17-14-21;/h1-5,8-11H,6-7,12-17H2;1H. The molecule has 0 amide bonds.